The zero-order valence-electron chi connectivity index (χ0n) is 12.8. The molecule has 2 rings (SSSR count). The highest BCUT2D eigenvalue weighted by molar-refractivity contribution is 6.32. The Balaban J connectivity index is 1.83. The van der Waals surface area contributed by atoms with Gasteiger partial charge in [0.05, 0.1) is 11.6 Å². The highest BCUT2D eigenvalue weighted by Crippen LogP contribution is 2.28. The Morgan fingerprint density at radius 3 is 2.68 bits per heavy atom. The summed E-state index contributed by atoms with van der Waals surface area (Å²) < 4.78 is 5.36. The maximum atomic E-state index is 12.0. The lowest BCUT2D eigenvalue weighted by Gasteiger charge is -2.27. The number of benzene rings is 1. The second kappa shape index (κ2) is 8.25. The van der Waals surface area contributed by atoms with E-state index in [1.165, 1.54) is 0 Å². The molecule has 0 heterocycles. The van der Waals surface area contributed by atoms with Gasteiger partial charge in [-0.05, 0) is 56.7 Å². The van der Waals surface area contributed by atoms with E-state index in [0.29, 0.717) is 29.0 Å². The minimum Gasteiger partial charge on any atom is -0.492 e. The van der Waals surface area contributed by atoms with Crippen molar-refractivity contribution >= 4 is 23.3 Å². The number of hydrogen-bond acceptors (Lipinski definition) is 3. The smallest absolute Gasteiger partial charge is 0.319 e. The van der Waals surface area contributed by atoms with Crippen LogP contribution in [0.15, 0.2) is 18.2 Å². The number of aliphatic hydroxyl groups is 1. The van der Waals surface area contributed by atoms with E-state index >= 15 is 0 Å². The van der Waals surface area contributed by atoms with Gasteiger partial charge in [0, 0.05) is 18.3 Å². The van der Waals surface area contributed by atoms with E-state index in [1.54, 1.807) is 18.2 Å². The first-order chi connectivity index (χ1) is 10.6. The van der Waals surface area contributed by atoms with Gasteiger partial charge in [0.1, 0.15) is 5.75 Å². The van der Waals surface area contributed by atoms with Crippen molar-refractivity contribution in [2.45, 2.75) is 38.6 Å². The van der Waals surface area contributed by atoms with Gasteiger partial charge in [0.25, 0.3) is 0 Å². The number of rotatable bonds is 5. The average molecular weight is 327 g/mol. The van der Waals surface area contributed by atoms with E-state index in [4.69, 9.17) is 21.4 Å². The molecule has 0 aromatic heterocycles. The molecule has 1 aromatic rings. The topological polar surface area (TPSA) is 70.6 Å². The summed E-state index contributed by atoms with van der Waals surface area (Å²) in [6.07, 6.45) is 3.72. The third-order valence-electron chi connectivity index (χ3n) is 3.93. The van der Waals surface area contributed by atoms with Crippen molar-refractivity contribution in [1.29, 1.82) is 0 Å². The van der Waals surface area contributed by atoms with Gasteiger partial charge in [-0.1, -0.05) is 11.6 Å². The molecule has 122 valence electrons. The summed E-state index contributed by atoms with van der Waals surface area (Å²) in [5.41, 5.74) is 0.634. The predicted molar refractivity (Wildman–Crippen MR) is 87.6 cm³/mol. The SMILES string of the molecule is CCOc1ccc(NC(=O)NC2CCC(CO)CC2)cc1Cl. The summed E-state index contributed by atoms with van der Waals surface area (Å²) in [5.74, 6) is 0.989. The Labute approximate surface area is 136 Å². The standard InChI is InChI=1S/C16H23ClN2O3/c1-2-22-15-8-7-13(9-14(15)17)19-16(21)18-12-5-3-11(10-20)4-6-12/h7-9,11-12,20H,2-6,10H2,1H3,(H2,18,19,21). The number of hydrogen-bond donors (Lipinski definition) is 3. The van der Waals surface area contributed by atoms with Crippen LogP contribution in [0.5, 0.6) is 5.75 Å². The van der Waals surface area contributed by atoms with Gasteiger partial charge < -0.3 is 20.5 Å². The molecule has 0 spiro atoms. The number of anilines is 1. The lowest BCUT2D eigenvalue weighted by atomic mass is 9.87. The van der Waals surface area contributed by atoms with Gasteiger partial charge in [-0.3, -0.25) is 0 Å². The van der Waals surface area contributed by atoms with Crippen molar-refractivity contribution < 1.29 is 14.6 Å². The van der Waals surface area contributed by atoms with Crippen molar-refractivity contribution in [1.82, 2.24) is 5.32 Å². The van der Waals surface area contributed by atoms with Crippen molar-refractivity contribution in [3.63, 3.8) is 0 Å². The first kappa shape index (κ1) is 16.9. The Hall–Kier alpha value is -1.46. The van der Waals surface area contributed by atoms with Crippen LogP contribution < -0.4 is 15.4 Å². The van der Waals surface area contributed by atoms with Crippen LogP contribution in [0, 0.1) is 5.92 Å². The number of halogens is 1. The minimum atomic E-state index is -0.229. The number of amides is 2. The van der Waals surface area contributed by atoms with Crippen LogP contribution in [0.1, 0.15) is 32.6 Å². The molecule has 0 radical (unpaired) electrons. The Kier molecular flexibility index (Phi) is 6.34. The highest BCUT2D eigenvalue weighted by Gasteiger charge is 2.21. The largest absolute Gasteiger partial charge is 0.492 e. The van der Waals surface area contributed by atoms with Crippen LogP contribution in [0.25, 0.3) is 0 Å². The molecule has 0 atom stereocenters. The van der Waals surface area contributed by atoms with E-state index in [2.05, 4.69) is 10.6 Å². The van der Waals surface area contributed by atoms with Gasteiger partial charge >= 0.3 is 6.03 Å². The van der Waals surface area contributed by atoms with Gasteiger partial charge in [-0.2, -0.15) is 0 Å². The number of carbonyl (C=O) groups excluding carboxylic acids is 1. The fourth-order valence-corrected chi connectivity index (χ4v) is 2.93. The third-order valence-corrected chi connectivity index (χ3v) is 4.23. The van der Waals surface area contributed by atoms with Crippen molar-refractivity contribution in [3.05, 3.63) is 23.2 Å². The molecule has 1 saturated carbocycles. The predicted octanol–water partition coefficient (Wildman–Crippen LogP) is 3.41. The molecule has 0 bridgehead atoms. The number of urea groups is 1. The molecule has 6 heteroatoms. The minimum absolute atomic E-state index is 0.168. The molecule has 5 nitrogen and oxygen atoms in total. The van der Waals surface area contributed by atoms with E-state index < -0.39 is 0 Å². The molecule has 1 aromatic carbocycles. The number of ether oxygens (including phenoxy) is 1. The van der Waals surface area contributed by atoms with Gasteiger partial charge in [-0.15, -0.1) is 0 Å². The molecular formula is C16H23ClN2O3. The second-order valence-corrected chi connectivity index (χ2v) is 5.98. The summed E-state index contributed by atoms with van der Waals surface area (Å²) in [6.45, 7) is 2.68. The van der Waals surface area contributed by atoms with Crippen LogP contribution >= 0.6 is 11.6 Å². The molecular weight excluding hydrogens is 304 g/mol. The van der Waals surface area contributed by atoms with Crippen LogP contribution in [0.3, 0.4) is 0 Å². The van der Waals surface area contributed by atoms with Gasteiger partial charge in [-0.25, -0.2) is 4.79 Å². The summed E-state index contributed by atoms with van der Waals surface area (Å²) in [6, 6.07) is 5.12. The summed E-state index contributed by atoms with van der Waals surface area (Å²) in [4.78, 5) is 12.0. The van der Waals surface area contributed by atoms with Crippen molar-refractivity contribution in [2.75, 3.05) is 18.5 Å². The molecule has 1 aliphatic carbocycles. The zero-order valence-corrected chi connectivity index (χ0v) is 13.5. The molecule has 1 fully saturated rings. The quantitative estimate of drug-likeness (QED) is 0.776. The third kappa shape index (κ3) is 4.78. The first-order valence-corrected chi connectivity index (χ1v) is 8.11. The normalized spacial score (nSPS) is 21.2. The van der Waals surface area contributed by atoms with Crippen LogP contribution in [0.2, 0.25) is 5.02 Å². The summed E-state index contributed by atoms with van der Waals surface area (Å²) in [7, 11) is 0. The summed E-state index contributed by atoms with van der Waals surface area (Å²) in [5, 5.41) is 15.3. The highest BCUT2D eigenvalue weighted by atomic mass is 35.5. The Bertz CT molecular complexity index is 502. The zero-order chi connectivity index (χ0) is 15.9. The van der Waals surface area contributed by atoms with Gasteiger partial charge in [0.2, 0.25) is 0 Å². The van der Waals surface area contributed by atoms with E-state index in [0.717, 1.165) is 25.7 Å². The molecule has 0 saturated heterocycles. The lowest BCUT2D eigenvalue weighted by Crippen LogP contribution is -2.40. The van der Waals surface area contributed by atoms with E-state index in [1.807, 2.05) is 6.92 Å². The fourth-order valence-electron chi connectivity index (χ4n) is 2.69. The van der Waals surface area contributed by atoms with Crippen LogP contribution in [0.4, 0.5) is 10.5 Å². The monoisotopic (exact) mass is 326 g/mol. The van der Waals surface area contributed by atoms with E-state index in [-0.39, 0.29) is 18.7 Å². The van der Waals surface area contributed by atoms with E-state index in [9.17, 15) is 4.79 Å². The molecule has 0 aliphatic heterocycles. The molecule has 2 amide bonds. The molecule has 1 aliphatic rings. The molecule has 3 N–H and O–H groups in total. The first-order valence-electron chi connectivity index (χ1n) is 7.73. The summed E-state index contributed by atoms with van der Waals surface area (Å²) >= 11 is 6.10. The van der Waals surface area contributed by atoms with Crippen molar-refractivity contribution in [3.8, 4) is 5.75 Å². The van der Waals surface area contributed by atoms with Gasteiger partial charge in [0.15, 0.2) is 0 Å². The Morgan fingerprint density at radius 2 is 2.09 bits per heavy atom. The molecule has 22 heavy (non-hydrogen) atoms. The van der Waals surface area contributed by atoms with Crippen LogP contribution in [-0.4, -0.2) is 30.4 Å². The van der Waals surface area contributed by atoms with Crippen LogP contribution in [-0.2, 0) is 0 Å². The number of carbonyl (C=O) groups is 1. The molecule has 0 unspecified atom stereocenters. The lowest BCUT2D eigenvalue weighted by molar-refractivity contribution is 0.176. The van der Waals surface area contributed by atoms with Crippen molar-refractivity contribution in [2.24, 2.45) is 5.92 Å². The maximum Gasteiger partial charge on any atom is 0.319 e. The second-order valence-electron chi connectivity index (χ2n) is 5.58. The Morgan fingerprint density at radius 1 is 1.36 bits per heavy atom. The number of nitrogens with one attached hydrogen (secondary N) is 2. The fraction of sp³-hybridized carbons (Fsp3) is 0.562. The number of aliphatic hydroxyl groups excluding tert-OH is 1. The average Bonchev–Trinajstić information content (AvgIpc) is 2.51. The maximum absolute atomic E-state index is 12.0.